The highest BCUT2D eigenvalue weighted by Crippen LogP contribution is 2.00. The van der Waals surface area contributed by atoms with Crippen molar-refractivity contribution in [1.82, 2.24) is 10.2 Å². The number of nitrogens with two attached hydrogens (primary N) is 1. The molecule has 0 rings (SSSR count). The van der Waals surface area contributed by atoms with Crippen molar-refractivity contribution in [2.45, 2.75) is 46.1 Å². The minimum atomic E-state index is -0.467. The predicted octanol–water partition coefficient (Wildman–Crippen LogP) is 0.489. The molecule has 100 valence electrons. The molecule has 0 aliphatic rings. The van der Waals surface area contributed by atoms with Crippen LogP contribution in [0.5, 0.6) is 0 Å². The molecule has 0 saturated carbocycles. The van der Waals surface area contributed by atoms with E-state index in [0.29, 0.717) is 6.54 Å². The number of rotatable bonds is 7. The van der Waals surface area contributed by atoms with E-state index >= 15 is 0 Å². The van der Waals surface area contributed by atoms with E-state index in [9.17, 15) is 9.59 Å². The second-order valence-electron chi connectivity index (χ2n) is 5.24. The average molecular weight is 243 g/mol. The molecule has 0 aromatic carbocycles. The van der Waals surface area contributed by atoms with Crippen molar-refractivity contribution in [3.8, 4) is 0 Å². The van der Waals surface area contributed by atoms with Gasteiger partial charge in [0.2, 0.25) is 11.8 Å². The van der Waals surface area contributed by atoms with Gasteiger partial charge < -0.3 is 16.0 Å². The van der Waals surface area contributed by atoms with Crippen LogP contribution in [0, 0.1) is 0 Å². The molecular weight excluding hydrogens is 218 g/mol. The van der Waals surface area contributed by atoms with Crippen LogP contribution in [0.15, 0.2) is 0 Å². The maximum atomic E-state index is 11.9. The van der Waals surface area contributed by atoms with Crippen molar-refractivity contribution >= 4 is 11.8 Å². The van der Waals surface area contributed by atoms with E-state index in [1.165, 1.54) is 4.90 Å². The lowest BCUT2D eigenvalue weighted by Crippen LogP contribution is -2.47. The minimum Gasteiger partial charge on any atom is -0.368 e. The van der Waals surface area contributed by atoms with Gasteiger partial charge in [0.05, 0.1) is 13.1 Å². The summed E-state index contributed by atoms with van der Waals surface area (Å²) in [6, 6.07) is 0. The number of carbonyl (C=O) groups is 2. The van der Waals surface area contributed by atoms with Crippen LogP contribution in [0.3, 0.4) is 0 Å². The van der Waals surface area contributed by atoms with Crippen molar-refractivity contribution in [2.24, 2.45) is 5.73 Å². The van der Waals surface area contributed by atoms with Gasteiger partial charge in [-0.15, -0.1) is 0 Å². The molecule has 3 N–H and O–H groups in total. The number of carbonyl (C=O) groups excluding carboxylic acids is 2. The average Bonchev–Trinajstić information content (AvgIpc) is 2.19. The summed E-state index contributed by atoms with van der Waals surface area (Å²) < 4.78 is 0. The normalized spacial score (nSPS) is 11.3. The quantitative estimate of drug-likeness (QED) is 0.683. The van der Waals surface area contributed by atoms with E-state index in [-0.39, 0.29) is 24.5 Å². The number of hydrogen-bond acceptors (Lipinski definition) is 3. The maximum Gasteiger partial charge on any atom is 0.237 e. The van der Waals surface area contributed by atoms with Crippen molar-refractivity contribution in [3.63, 3.8) is 0 Å². The molecule has 0 aliphatic carbocycles. The molecule has 2 amide bonds. The molecule has 0 aromatic heterocycles. The molecular formula is C12H25N3O2. The first-order valence-corrected chi connectivity index (χ1v) is 6.07. The summed E-state index contributed by atoms with van der Waals surface area (Å²) >= 11 is 0. The number of amides is 2. The standard InChI is InChI=1S/C12H25N3O2/c1-5-6-7-15(9-10(13)16)11(17)8-14-12(2,3)4/h14H,5-9H2,1-4H3,(H2,13,16). The Labute approximate surface area is 104 Å². The summed E-state index contributed by atoms with van der Waals surface area (Å²) in [5.74, 6) is -0.544. The Morgan fingerprint density at radius 3 is 2.29 bits per heavy atom. The zero-order chi connectivity index (χ0) is 13.5. The third-order valence-corrected chi connectivity index (χ3v) is 2.25. The van der Waals surface area contributed by atoms with Crippen LogP contribution in [-0.2, 0) is 9.59 Å². The van der Waals surface area contributed by atoms with E-state index in [1.54, 1.807) is 0 Å². The second kappa shape index (κ2) is 7.27. The number of hydrogen-bond donors (Lipinski definition) is 2. The lowest BCUT2D eigenvalue weighted by atomic mass is 10.1. The van der Waals surface area contributed by atoms with Gasteiger partial charge in [-0.1, -0.05) is 13.3 Å². The van der Waals surface area contributed by atoms with Crippen molar-refractivity contribution in [1.29, 1.82) is 0 Å². The maximum absolute atomic E-state index is 11.9. The van der Waals surface area contributed by atoms with Gasteiger partial charge in [0.1, 0.15) is 0 Å². The first-order valence-electron chi connectivity index (χ1n) is 6.07. The molecule has 5 nitrogen and oxygen atoms in total. The summed E-state index contributed by atoms with van der Waals surface area (Å²) in [5, 5.41) is 3.11. The van der Waals surface area contributed by atoms with Gasteiger partial charge in [0, 0.05) is 12.1 Å². The van der Waals surface area contributed by atoms with Crippen LogP contribution >= 0.6 is 0 Å². The van der Waals surface area contributed by atoms with Crippen LogP contribution in [0.4, 0.5) is 0 Å². The van der Waals surface area contributed by atoms with Gasteiger partial charge >= 0.3 is 0 Å². The number of primary amides is 1. The Kier molecular flexibility index (Phi) is 6.80. The predicted molar refractivity (Wildman–Crippen MR) is 68.4 cm³/mol. The largest absolute Gasteiger partial charge is 0.368 e. The zero-order valence-corrected chi connectivity index (χ0v) is 11.4. The smallest absolute Gasteiger partial charge is 0.237 e. The van der Waals surface area contributed by atoms with Crippen molar-refractivity contribution < 1.29 is 9.59 Å². The third kappa shape index (κ3) is 8.68. The molecule has 0 fully saturated rings. The van der Waals surface area contributed by atoms with Gasteiger partial charge in [-0.25, -0.2) is 0 Å². The summed E-state index contributed by atoms with van der Waals surface area (Å²) in [6.07, 6.45) is 1.86. The number of unbranched alkanes of at least 4 members (excludes halogenated alkanes) is 1. The fourth-order valence-corrected chi connectivity index (χ4v) is 1.28. The highest BCUT2D eigenvalue weighted by atomic mass is 16.2. The highest BCUT2D eigenvalue weighted by molar-refractivity contribution is 5.84. The van der Waals surface area contributed by atoms with Gasteiger partial charge in [0.15, 0.2) is 0 Å². The first kappa shape index (κ1) is 15.9. The molecule has 0 bridgehead atoms. The van der Waals surface area contributed by atoms with Crippen LogP contribution in [0.2, 0.25) is 0 Å². The molecule has 0 radical (unpaired) electrons. The second-order valence-corrected chi connectivity index (χ2v) is 5.24. The molecule has 0 unspecified atom stereocenters. The molecule has 17 heavy (non-hydrogen) atoms. The molecule has 0 saturated heterocycles. The Hall–Kier alpha value is -1.10. The van der Waals surface area contributed by atoms with Crippen molar-refractivity contribution in [3.05, 3.63) is 0 Å². The van der Waals surface area contributed by atoms with Gasteiger partial charge in [0.25, 0.3) is 0 Å². The summed E-state index contributed by atoms with van der Waals surface area (Å²) in [7, 11) is 0. The van der Waals surface area contributed by atoms with Crippen LogP contribution < -0.4 is 11.1 Å². The fraction of sp³-hybridized carbons (Fsp3) is 0.833. The van der Waals surface area contributed by atoms with E-state index in [1.807, 2.05) is 27.7 Å². The molecule has 5 heteroatoms. The summed E-state index contributed by atoms with van der Waals surface area (Å²) in [5.41, 5.74) is 5.02. The number of nitrogens with one attached hydrogen (secondary N) is 1. The SMILES string of the molecule is CCCCN(CC(N)=O)C(=O)CNC(C)(C)C. The summed E-state index contributed by atoms with van der Waals surface area (Å²) in [6.45, 7) is 8.84. The molecule has 0 atom stereocenters. The molecule has 0 heterocycles. The fourth-order valence-electron chi connectivity index (χ4n) is 1.28. The van der Waals surface area contributed by atoms with Gasteiger partial charge in [-0.3, -0.25) is 9.59 Å². The van der Waals surface area contributed by atoms with E-state index in [2.05, 4.69) is 5.32 Å². The monoisotopic (exact) mass is 243 g/mol. The molecule has 0 spiro atoms. The van der Waals surface area contributed by atoms with Crippen LogP contribution in [0.25, 0.3) is 0 Å². The third-order valence-electron chi connectivity index (χ3n) is 2.25. The van der Waals surface area contributed by atoms with Crippen LogP contribution in [0.1, 0.15) is 40.5 Å². The van der Waals surface area contributed by atoms with Gasteiger partial charge in [-0.05, 0) is 27.2 Å². The number of nitrogens with zero attached hydrogens (tertiary/aromatic N) is 1. The van der Waals surface area contributed by atoms with Crippen LogP contribution in [-0.4, -0.2) is 41.9 Å². The Balaban J connectivity index is 4.26. The van der Waals surface area contributed by atoms with E-state index in [4.69, 9.17) is 5.73 Å². The lowest BCUT2D eigenvalue weighted by molar-refractivity contribution is -0.134. The molecule has 0 aromatic rings. The highest BCUT2D eigenvalue weighted by Gasteiger charge is 2.17. The van der Waals surface area contributed by atoms with E-state index < -0.39 is 5.91 Å². The topological polar surface area (TPSA) is 75.4 Å². The Bertz CT molecular complexity index is 259. The molecule has 0 aliphatic heterocycles. The first-order chi connectivity index (χ1) is 7.76. The summed E-state index contributed by atoms with van der Waals surface area (Å²) in [4.78, 5) is 24.3. The zero-order valence-electron chi connectivity index (χ0n) is 11.4. The Morgan fingerprint density at radius 1 is 1.29 bits per heavy atom. The van der Waals surface area contributed by atoms with Crippen molar-refractivity contribution in [2.75, 3.05) is 19.6 Å². The lowest BCUT2D eigenvalue weighted by Gasteiger charge is -2.25. The van der Waals surface area contributed by atoms with E-state index in [0.717, 1.165) is 12.8 Å². The minimum absolute atomic E-state index is 0.00462. The Morgan fingerprint density at radius 2 is 1.88 bits per heavy atom. The van der Waals surface area contributed by atoms with Gasteiger partial charge in [-0.2, -0.15) is 0 Å².